The highest BCUT2D eigenvalue weighted by Gasteiger charge is 2.41. The second-order valence-electron chi connectivity index (χ2n) is 4.46. The molecule has 0 unspecified atom stereocenters. The summed E-state index contributed by atoms with van der Waals surface area (Å²) in [6.45, 7) is 5.83. The standard InChI is InChI=1S/C10H18N2O.ClH/c1-10(3-2-4-10)9(13)12-7-5-11-6-8-12;/h11H,2-8H2,1H3;1H. The van der Waals surface area contributed by atoms with Crippen molar-refractivity contribution in [1.82, 2.24) is 10.2 Å². The van der Waals surface area contributed by atoms with Gasteiger partial charge in [-0.25, -0.2) is 0 Å². The number of amides is 1. The van der Waals surface area contributed by atoms with E-state index in [2.05, 4.69) is 12.2 Å². The van der Waals surface area contributed by atoms with Crippen LogP contribution in [0.4, 0.5) is 0 Å². The minimum absolute atomic E-state index is 0. The highest BCUT2D eigenvalue weighted by Crippen LogP contribution is 2.41. The predicted octanol–water partition coefficient (Wildman–Crippen LogP) is 1.03. The summed E-state index contributed by atoms with van der Waals surface area (Å²) in [6.07, 6.45) is 3.42. The Morgan fingerprint density at radius 3 is 2.29 bits per heavy atom. The second kappa shape index (κ2) is 4.49. The maximum atomic E-state index is 12.0. The molecule has 0 atom stereocenters. The molecule has 1 aliphatic carbocycles. The Bertz CT molecular complexity index is 210. The SMILES string of the molecule is CC1(C(=O)N2CCNCC2)CCC1.Cl. The molecule has 1 heterocycles. The summed E-state index contributed by atoms with van der Waals surface area (Å²) in [5.74, 6) is 0.389. The molecule has 0 aromatic heterocycles. The molecule has 2 fully saturated rings. The third kappa shape index (κ3) is 2.04. The number of carbonyl (C=O) groups excluding carboxylic acids is 1. The van der Waals surface area contributed by atoms with E-state index < -0.39 is 0 Å². The zero-order chi connectivity index (χ0) is 9.31. The zero-order valence-electron chi connectivity index (χ0n) is 8.71. The van der Waals surface area contributed by atoms with Gasteiger partial charge in [-0.2, -0.15) is 0 Å². The Labute approximate surface area is 91.6 Å². The third-order valence-corrected chi connectivity index (χ3v) is 3.38. The molecule has 1 amide bonds. The van der Waals surface area contributed by atoms with E-state index in [4.69, 9.17) is 0 Å². The van der Waals surface area contributed by atoms with Gasteiger partial charge in [0.25, 0.3) is 0 Å². The van der Waals surface area contributed by atoms with Crippen molar-refractivity contribution >= 4 is 18.3 Å². The van der Waals surface area contributed by atoms with Crippen molar-refractivity contribution in [3.05, 3.63) is 0 Å². The molecule has 3 nitrogen and oxygen atoms in total. The Hall–Kier alpha value is -0.280. The van der Waals surface area contributed by atoms with Crippen LogP contribution in [0, 0.1) is 5.41 Å². The number of halogens is 1. The quantitative estimate of drug-likeness (QED) is 0.713. The van der Waals surface area contributed by atoms with Crippen molar-refractivity contribution in [2.75, 3.05) is 26.2 Å². The Balaban J connectivity index is 0.000000980. The van der Waals surface area contributed by atoms with Gasteiger partial charge in [-0.1, -0.05) is 13.3 Å². The van der Waals surface area contributed by atoms with Crippen molar-refractivity contribution in [3.8, 4) is 0 Å². The van der Waals surface area contributed by atoms with E-state index in [0.717, 1.165) is 39.0 Å². The summed E-state index contributed by atoms with van der Waals surface area (Å²) >= 11 is 0. The predicted molar refractivity (Wildman–Crippen MR) is 58.7 cm³/mol. The van der Waals surface area contributed by atoms with Crippen LogP contribution >= 0.6 is 12.4 Å². The van der Waals surface area contributed by atoms with Gasteiger partial charge < -0.3 is 10.2 Å². The summed E-state index contributed by atoms with van der Waals surface area (Å²) < 4.78 is 0. The van der Waals surface area contributed by atoms with Crippen LogP contribution in [0.2, 0.25) is 0 Å². The van der Waals surface area contributed by atoms with Crippen LogP contribution in [-0.4, -0.2) is 37.0 Å². The minimum atomic E-state index is -0.00264. The van der Waals surface area contributed by atoms with Gasteiger partial charge in [0.05, 0.1) is 0 Å². The van der Waals surface area contributed by atoms with Crippen molar-refractivity contribution in [1.29, 1.82) is 0 Å². The van der Waals surface area contributed by atoms with Gasteiger partial charge in [0.2, 0.25) is 5.91 Å². The molecule has 82 valence electrons. The lowest BCUT2D eigenvalue weighted by Gasteiger charge is -2.42. The summed E-state index contributed by atoms with van der Waals surface area (Å²) in [7, 11) is 0. The summed E-state index contributed by atoms with van der Waals surface area (Å²) in [5, 5.41) is 3.26. The topological polar surface area (TPSA) is 32.3 Å². The van der Waals surface area contributed by atoms with Crippen molar-refractivity contribution in [2.45, 2.75) is 26.2 Å². The number of rotatable bonds is 1. The lowest BCUT2D eigenvalue weighted by Crippen LogP contribution is -2.53. The number of hydrogen-bond donors (Lipinski definition) is 1. The van der Waals surface area contributed by atoms with E-state index in [1.165, 1.54) is 6.42 Å². The maximum absolute atomic E-state index is 12.0. The molecular formula is C10H19ClN2O. The monoisotopic (exact) mass is 218 g/mol. The number of piperazine rings is 1. The number of carbonyl (C=O) groups is 1. The van der Waals surface area contributed by atoms with Crippen LogP contribution in [0.15, 0.2) is 0 Å². The van der Waals surface area contributed by atoms with Crippen LogP contribution in [-0.2, 0) is 4.79 Å². The number of nitrogens with one attached hydrogen (secondary N) is 1. The van der Waals surface area contributed by atoms with Crippen LogP contribution in [0.3, 0.4) is 0 Å². The Kier molecular flexibility index (Phi) is 3.78. The van der Waals surface area contributed by atoms with Gasteiger partial charge >= 0.3 is 0 Å². The average molecular weight is 219 g/mol. The number of nitrogens with zero attached hydrogens (tertiary/aromatic N) is 1. The van der Waals surface area contributed by atoms with E-state index in [1.807, 2.05) is 4.90 Å². The molecular weight excluding hydrogens is 200 g/mol. The van der Waals surface area contributed by atoms with Crippen LogP contribution in [0.5, 0.6) is 0 Å². The first-order valence-corrected chi connectivity index (χ1v) is 5.22. The molecule has 1 saturated heterocycles. The average Bonchev–Trinajstić information content (AvgIpc) is 2.14. The summed E-state index contributed by atoms with van der Waals surface area (Å²) in [5.41, 5.74) is -0.00264. The fourth-order valence-electron chi connectivity index (χ4n) is 2.17. The molecule has 0 spiro atoms. The van der Waals surface area contributed by atoms with Crippen molar-refractivity contribution < 1.29 is 4.79 Å². The van der Waals surface area contributed by atoms with Crippen molar-refractivity contribution in [3.63, 3.8) is 0 Å². The molecule has 0 aromatic carbocycles. The van der Waals surface area contributed by atoms with Crippen LogP contribution in [0.25, 0.3) is 0 Å². The molecule has 2 rings (SSSR count). The van der Waals surface area contributed by atoms with Gasteiger partial charge in [0.1, 0.15) is 0 Å². The lowest BCUT2D eigenvalue weighted by molar-refractivity contribution is -0.146. The largest absolute Gasteiger partial charge is 0.340 e. The summed E-state index contributed by atoms with van der Waals surface area (Å²) in [6, 6.07) is 0. The van der Waals surface area contributed by atoms with E-state index in [9.17, 15) is 4.79 Å². The first-order chi connectivity index (χ1) is 6.22. The first-order valence-electron chi connectivity index (χ1n) is 5.22. The summed E-state index contributed by atoms with van der Waals surface area (Å²) in [4.78, 5) is 14.0. The lowest BCUT2D eigenvalue weighted by atomic mass is 9.69. The van der Waals surface area contributed by atoms with Gasteiger partial charge in [-0.3, -0.25) is 4.79 Å². The highest BCUT2D eigenvalue weighted by molar-refractivity contribution is 5.85. The van der Waals surface area contributed by atoms with E-state index in [1.54, 1.807) is 0 Å². The van der Waals surface area contributed by atoms with Crippen molar-refractivity contribution in [2.24, 2.45) is 5.41 Å². The zero-order valence-corrected chi connectivity index (χ0v) is 9.53. The maximum Gasteiger partial charge on any atom is 0.228 e. The normalized spacial score (nSPS) is 24.8. The fourth-order valence-corrected chi connectivity index (χ4v) is 2.17. The minimum Gasteiger partial charge on any atom is -0.340 e. The van der Waals surface area contributed by atoms with Gasteiger partial charge in [0.15, 0.2) is 0 Å². The second-order valence-corrected chi connectivity index (χ2v) is 4.46. The van der Waals surface area contributed by atoms with Gasteiger partial charge in [-0.15, -0.1) is 12.4 Å². The first kappa shape index (κ1) is 11.8. The third-order valence-electron chi connectivity index (χ3n) is 3.38. The molecule has 0 radical (unpaired) electrons. The molecule has 14 heavy (non-hydrogen) atoms. The molecule has 1 aliphatic heterocycles. The molecule has 1 N–H and O–H groups in total. The van der Waals surface area contributed by atoms with Gasteiger partial charge in [-0.05, 0) is 12.8 Å². The molecule has 0 aromatic rings. The fraction of sp³-hybridized carbons (Fsp3) is 0.900. The van der Waals surface area contributed by atoms with E-state index in [0.29, 0.717) is 5.91 Å². The van der Waals surface area contributed by atoms with Crippen LogP contribution in [0.1, 0.15) is 26.2 Å². The number of hydrogen-bond acceptors (Lipinski definition) is 2. The highest BCUT2D eigenvalue weighted by atomic mass is 35.5. The van der Waals surface area contributed by atoms with E-state index in [-0.39, 0.29) is 17.8 Å². The molecule has 1 saturated carbocycles. The Morgan fingerprint density at radius 2 is 1.86 bits per heavy atom. The van der Waals surface area contributed by atoms with E-state index >= 15 is 0 Å². The Morgan fingerprint density at radius 1 is 1.29 bits per heavy atom. The van der Waals surface area contributed by atoms with Gasteiger partial charge in [0, 0.05) is 31.6 Å². The molecule has 2 aliphatic rings. The molecule has 0 bridgehead atoms. The molecule has 4 heteroatoms. The smallest absolute Gasteiger partial charge is 0.228 e. The van der Waals surface area contributed by atoms with Crippen LogP contribution < -0.4 is 5.32 Å².